The third-order valence-electron chi connectivity index (χ3n) is 4.01. The molecule has 0 saturated carbocycles. The summed E-state index contributed by atoms with van der Waals surface area (Å²) >= 11 is 0. The first kappa shape index (κ1) is 26.3. The molecular formula is C23H37N3O5. The maximum atomic E-state index is 13.3. The second kappa shape index (κ2) is 9.58. The second-order valence-electron chi connectivity index (χ2n) is 10.5. The van der Waals surface area contributed by atoms with Gasteiger partial charge < -0.3 is 25.4 Å². The molecule has 0 spiro atoms. The lowest BCUT2D eigenvalue weighted by Gasteiger charge is -2.42. The third-order valence-corrected chi connectivity index (χ3v) is 4.01. The quantitative estimate of drug-likeness (QED) is 0.656. The van der Waals surface area contributed by atoms with Gasteiger partial charge in [-0.05, 0) is 68.4 Å². The highest BCUT2D eigenvalue weighted by atomic mass is 16.6. The van der Waals surface area contributed by atoms with E-state index >= 15 is 0 Å². The van der Waals surface area contributed by atoms with Crippen LogP contribution in [-0.4, -0.2) is 51.1 Å². The molecule has 8 nitrogen and oxygen atoms in total. The Hall–Kier alpha value is -2.77. The highest BCUT2D eigenvalue weighted by Crippen LogP contribution is 2.34. The van der Waals surface area contributed by atoms with Crippen LogP contribution < -0.4 is 10.6 Å². The Balaban J connectivity index is 3.33. The van der Waals surface area contributed by atoms with Gasteiger partial charge in [0.25, 0.3) is 0 Å². The molecule has 1 atom stereocenters. The number of para-hydroxylation sites is 1. The van der Waals surface area contributed by atoms with Gasteiger partial charge in [-0.2, -0.15) is 0 Å². The number of hydrogen-bond acceptors (Lipinski definition) is 5. The van der Waals surface area contributed by atoms with E-state index in [1.165, 1.54) is 11.0 Å². The maximum absolute atomic E-state index is 13.3. The molecule has 1 unspecified atom stereocenters. The first-order valence-corrected chi connectivity index (χ1v) is 10.3. The zero-order valence-corrected chi connectivity index (χ0v) is 20.1. The van der Waals surface area contributed by atoms with Gasteiger partial charge in [0.2, 0.25) is 11.8 Å². The summed E-state index contributed by atoms with van der Waals surface area (Å²) in [7, 11) is 0. The molecule has 0 heterocycles. The summed E-state index contributed by atoms with van der Waals surface area (Å²) in [4.78, 5) is 40.0. The number of nitrogens with zero attached hydrogens (tertiary/aromatic N) is 1. The zero-order chi connectivity index (χ0) is 24.2. The molecule has 174 valence electrons. The van der Waals surface area contributed by atoms with Crippen LogP contribution in [0.1, 0.15) is 73.9 Å². The fourth-order valence-electron chi connectivity index (χ4n) is 3.01. The number of ether oxygens (including phenoxy) is 1. The molecule has 0 aromatic heterocycles. The van der Waals surface area contributed by atoms with E-state index in [1.54, 1.807) is 59.7 Å². The van der Waals surface area contributed by atoms with E-state index in [4.69, 9.17) is 4.74 Å². The van der Waals surface area contributed by atoms with E-state index < -0.39 is 40.6 Å². The van der Waals surface area contributed by atoms with Gasteiger partial charge in [-0.15, -0.1) is 0 Å². The van der Waals surface area contributed by atoms with E-state index in [9.17, 15) is 19.5 Å². The van der Waals surface area contributed by atoms with Crippen LogP contribution in [-0.2, 0) is 14.3 Å². The average molecular weight is 436 g/mol. The van der Waals surface area contributed by atoms with Crippen molar-refractivity contribution < 1.29 is 24.2 Å². The van der Waals surface area contributed by atoms with Gasteiger partial charge in [-0.25, -0.2) is 4.79 Å². The highest BCUT2D eigenvalue weighted by Gasteiger charge is 2.40. The predicted octanol–water partition coefficient (Wildman–Crippen LogP) is 3.50. The molecule has 0 aliphatic rings. The van der Waals surface area contributed by atoms with E-state index in [-0.39, 0.29) is 12.3 Å². The van der Waals surface area contributed by atoms with Crippen molar-refractivity contribution in [2.45, 2.75) is 85.0 Å². The topological polar surface area (TPSA) is 108 Å². The largest absolute Gasteiger partial charge is 0.508 e. The number of carbonyl (C=O) groups is 3. The standard InChI is InChI=1S/C23H37N3O5/c1-21(2,3)25-19(29)18(15-12-10-11-13-16(15)27)26(22(4,5)6)17(28)14-24-20(30)31-23(7,8)9/h10-13,18,27H,14H2,1-9H3,(H,24,30)(H,25,29). The molecule has 0 aliphatic heterocycles. The Bertz CT molecular complexity index is 801. The zero-order valence-electron chi connectivity index (χ0n) is 20.1. The molecule has 1 rings (SSSR count). The second-order valence-corrected chi connectivity index (χ2v) is 10.5. The van der Waals surface area contributed by atoms with Crippen LogP contribution in [0, 0.1) is 0 Å². The van der Waals surface area contributed by atoms with Crippen molar-refractivity contribution in [1.82, 2.24) is 15.5 Å². The summed E-state index contributed by atoms with van der Waals surface area (Å²) < 4.78 is 5.19. The molecule has 0 saturated heterocycles. The summed E-state index contributed by atoms with van der Waals surface area (Å²) in [6.45, 7) is 15.7. The first-order valence-electron chi connectivity index (χ1n) is 10.3. The number of alkyl carbamates (subject to hydrolysis) is 1. The Morgan fingerprint density at radius 2 is 1.55 bits per heavy atom. The van der Waals surface area contributed by atoms with E-state index in [1.807, 2.05) is 20.8 Å². The number of nitrogens with one attached hydrogen (secondary N) is 2. The van der Waals surface area contributed by atoms with Crippen molar-refractivity contribution in [2.24, 2.45) is 0 Å². The summed E-state index contributed by atoms with van der Waals surface area (Å²) in [6.07, 6.45) is -0.729. The molecule has 1 aromatic carbocycles. The Kier molecular flexibility index (Phi) is 8.11. The van der Waals surface area contributed by atoms with Crippen LogP contribution >= 0.6 is 0 Å². The monoisotopic (exact) mass is 435 g/mol. The van der Waals surface area contributed by atoms with Crippen molar-refractivity contribution in [3.63, 3.8) is 0 Å². The summed E-state index contributed by atoms with van der Waals surface area (Å²) in [5.74, 6) is -1.02. The smallest absolute Gasteiger partial charge is 0.408 e. The summed E-state index contributed by atoms with van der Waals surface area (Å²) in [5.41, 5.74) is -1.76. The maximum Gasteiger partial charge on any atom is 0.408 e. The number of phenols is 1. The molecular weight excluding hydrogens is 398 g/mol. The molecule has 8 heteroatoms. The van der Waals surface area contributed by atoms with Crippen LogP contribution in [0.3, 0.4) is 0 Å². The van der Waals surface area contributed by atoms with Gasteiger partial charge in [0.05, 0.1) is 0 Å². The van der Waals surface area contributed by atoms with Gasteiger partial charge in [0, 0.05) is 16.6 Å². The van der Waals surface area contributed by atoms with Crippen LogP contribution in [0.5, 0.6) is 5.75 Å². The number of rotatable bonds is 5. The van der Waals surface area contributed by atoms with Crippen LogP contribution in [0.25, 0.3) is 0 Å². The van der Waals surface area contributed by atoms with E-state index in [0.29, 0.717) is 5.56 Å². The number of hydrogen-bond donors (Lipinski definition) is 3. The molecule has 31 heavy (non-hydrogen) atoms. The lowest BCUT2D eigenvalue weighted by molar-refractivity contribution is -0.146. The SMILES string of the molecule is CC(C)(C)NC(=O)C(c1ccccc1O)N(C(=O)CNC(=O)OC(C)(C)C)C(C)(C)C. The number of aromatic hydroxyl groups is 1. The summed E-state index contributed by atoms with van der Waals surface area (Å²) in [6, 6.07) is 5.31. The van der Waals surface area contributed by atoms with Crippen molar-refractivity contribution in [3.05, 3.63) is 29.8 Å². The van der Waals surface area contributed by atoms with Gasteiger partial charge in [-0.3, -0.25) is 9.59 Å². The third kappa shape index (κ3) is 8.47. The molecule has 3 amide bonds. The minimum atomic E-state index is -1.10. The predicted molar refractivity (Wildman–Crippen MR) is 120 cm³/mol. The van der Waals surface area contributed by atoms with Crippen LogP contribution in [0.2, 0.25) is 0 Å². The van der Waals surface area contributed by atoms with Crippen LogP contribution in [0.4, 0.5) is 4.79 Å². The number of amides is 3. The van der Waals surface area contributed by atoms with E-state index in [0.717, 1.165) is 0 Å². The van der Waals surface area contributed by atoms with Gasteiger partial charge >= 0.3 is 6.09 Å². The van der Waals surface area contributed by atoms with Crippen molar-refractivity contribution in [1.29, 1.82) is 0 Å². The fraction of sp³-hybridized carbons (Fsp3) is 0.609. The average Bonchev–Trinajstić information content (AvgIpc) is 2.54. The van der Waals surface area contributed by atoms with Crippen molar-refractivity contribution in [2.75, 3.05) is 6.54 Å². The lowest BCUT2D eigenvalue weighted by Crippen LogP contribution is -2.56. The van der Waals surface area contributed by atoms with E-state index in [2.05, 4.69) is 10.6 Å². The molecule has 0 aliphatic carbocycles. The lowest BCUT2D eigenvalue weighted by atomic mass is 9.95. The Labute approximate surface area is 185 Å². The molecule has 0 bridgehead atoms. The van der Waals surface area contributed by atoms with Gasteiger partial charge in [0.1, 0.15) is 23.9 Å². The van der Waals surface area contributed by atoms with Crippen molar-refractivity contribution >= 4 is 17.9 Å². The number of phenolic OH excluding ortho intramolecular Hbond substituents is 1. The molecule has 0 radical (unpaired) electrons. The minimum absolute atomic E-state index is 0.0984. The molecule has 1 aromatic rings. The molecule has 0 fully saturated rings. The Morgan fingerprint density at radius 3 is 2.00 bits per heavy atom. The first-order chi connectivity index (χ1) is 13.9. The minimum Gasteiger partial charge on any atom is -0.508 e. The molecule has 3 N–H and O–H groups in total. The Morgan fingerprint density at radius 1 is 1.00 bits per heavy atom. The number of benzene rings is 1. The highest BCUT2D eigenvalue weighted by molar-refractivity contribution is 5.91. The van der Waals surface area contributed by atoms with Gasteiger partial charge in [0.15, 0.2) is 0 Å². The van der Waals surface area contributed by atoms with Crippen molar-refractivity contribution in [3.8, 4) is 5.75 Å². The van der Waals surface area contributed by atoms with Crippen LogP contribution in [0.15, 0.2) is 24.3 Å². The number of carbonyl (C=O) groups excluding carboxylic acids is 3. The summed E-state index contributed by atoms with van der Waals surface area (Å²) in [5, 5.41) is 15.8. The fourth-order valence-corrected chi connectivity index (χ4v) is 3.01. The normalized spacial score (nSPS) is 13.2. The van der Waals surface area contributed by atoms with Gasteiger partial charge in [-0.1, -0.05) is 18.2 Å².